The summed E-state index contributed by atoms with van der Waals surface area (Å²) < 4.78 is 9.90. The molecular weight excluding hydrogens is 348 g/mol. The molecule has 0 aliphatic carbocycles. The van der Waals surface area contributed by atoms with Crippen LogP contribution in [0.4, 0.5) is 4.79 Å². The van der Waals surface area contributed by atoms with Gasteiger partial charge < -0.3 is 14.6 Å². The molecule has 0 bridgehead atoms. The van der Waals surface area contributed by atoms with Crippen molar-refractivity contribution < 1.29 is 23.6 Å². The van der Waals surface area contributed by atoms with E-state index >= 15 is 0 Å². The first-order chi connectivity index (χ1) is 12.0. The molecule has 0 unspecified atom stereocenters. The molecule has 3 amide bonds. The highest BCUT2D eigenvalue weighted by Crippen LogP contribution is 2.24. The Hall–Kier alpha value is -2.88. The maximum absolute atomic E-state index is 12.2. The monoisotopic (exact) mass is 364 g/mol. The minimum Gasteiger partial charge on any atom is -0.452 e. The summed E-state index contributed by atoms with van der Waals surface area (Å²) in [5.41, 5.74) is 0.942. The molecule has 2 aromatic rings. The first kappa shape index (κ1) is 18.5. The van der Waals surface area contributed by atoms with Crippen molar-refractivity contribution in [3.8, 4) is 0 Å². The molecule has 132 valence electrons. The van der Waals surface area contributed by atoms with Crippen LogP contribution in [0.15, 0.2) is 33.9 Å². The number of aromatic nitrogens is 2. The van der Waals surface area contributed by atoms with Gasteiger partial charge >= 0.3 is 12.0 Å². The van der Waals surface area contributed by atoms with Crippen LogP contribution >= 0.6 is 11.8 Å². The van der Waals surface area contributed by atoms with Gasteiger partial charge in [0.2, 0.25) is 0 Å². The van der Waals surface area contributed by atoms with Crippen LogP contribution in [0.3, 0.4) is 0 Å². The Morgan fingerprint density at radius 1 is 1.36 bits per heavy atom. The highest BCUT2D eigenvalue weighted by Gasteiger charge is 2.17. The van der Waals surface area contributed by atoms with Gasteiger partial charge in [-0.3, -0.25) is 10.1 Å². The number of hydrogen-bond donors (Lipinski definition) is 2. The first-order valence-corrected chi connectivity index (χ1v) is 8.17. The van der Waals surface area contributed by atoms with Gasteiger partial charge in [-0.1, -0.05) is 16.9 Å². The fraction of sp³-hybridized carbons (Fsp3) is 0.267. The Morgan fingerprint density at radius 3 is 2.84 bits per heavy atom. The van der Waals surface area contributed by atoms with Crippen LogP contribution in [0.1, 0.15) is 21.8 Å². The normalized spacial score (nSPS) is 10.2. The summed E-state index contributed by atoms with van der Waals surface area (Å²) in [6, 6.07) is 4.24. The molecular formula is C15H16N4O5S. The number of ether oxygens (including phenoxy) is 1. The second-order valence-electron chi connectivity index (χ2n) is 4.78. The lowest BCUT2D eigenvalue weighted by Crippen LogP contribution is -2.39. The molecule has 25 heavy (non-hydrogen) atoms. The van der Waals surface area contributed by atoms with Crippen LogP contribution in [-0.2, 0) is 15.3 Å². The molecule has 2 heterocycles. The van der Waals surface area contributed by atoms with Gasteiger partial charge in [-0.15, -0.1) is 0 Å². The topological polar surface area (TPSA) is 123 Å². The number of hydrogen-bond acceptors (Lipinski definition) is 8. The number of thioether (sulfide) groups is 1. The van der Waals surface area contributed by atoms with E-state index in [2.05, 4.69) is 15.5 Å². The number of urea groups is 1. The van der Waals surface area contributed by atoms with E-state index in [4.69, 9.17) is 9.26 Å². The molecule has 0 aliphatic rings. The molecule has 0 saturated heterocycles. The molecule has 0 saturated carbocycles. The van der Waals surface area contributed by atoms with Crippen molar-refractivity contribution in [1.29, 1.82) is 0 Å². The number of amides is 3. The third-order valence-corrected chi connectivity index (χ3v) is 3.88. The van der Waals surface area contributed by atoms with Gasteiger partial charge in [-0.2, -0.15) is 0 Å². The van der Waals surface area contributed by atoms with E-state index in [1.165, 1.54) is 18.8 Å². The zero-order valence-electron chi connectivity index (χ0n) is 13.6. The van der Waals surface area contributed by atoms with Gasteiger partial charge in [0.25, 0.3) is 5.91 Å². The number of nitrogens with one attached hydrogen (secondary N) is 2. The molecule has 0 spiro atoms. The standard InChI is InChI=1S/C15H16N4O5S/c1-9-6-10(19-24-9)8-25-13-11(4-3-5-17-13)14(21)23-7-12(20)18-15(22)16-2/h3-6H,7-8H2,1-2H3,(H2,16,18,20,22). The molecule has 2 N–H and O–H groups in total. The number of carbonyl (C=O) groups is 3. The van der Waals surface area contributed by atoms with Gasteiger partial charge in [0.15, 0.2) is 6.61 Å². The van der Waals surface area contributed by atoms with Crippen molar-refractivity contribution in [2.24, 2.45) is 0 Å². The van der Waals surface area contributed by atoms with Crippen LogP contribution in [0, 0.1) is 6.92 Å². The van der Waals surface area contributed by atoms with Crippen molar-refractivity contribution in [3.63, 3.8) is 0 Å². The van der Waals surface area contributed by atoms with Crippen molar-refractivity contribution in [2.75, 3.05) is 13.7 Å². The molecule has 0 aliphatic heterocycles. The lowest BCUT2D eigenvalue weighted by molar-refractivity contribution is -0.123. The van der Waals surface area contributed by atoms with E-state index < -0.39 is 24.5 Å². The molecule has 0 atom stereocenters. The number of pyridine rings is 1. The van der Waals surface area contributed by atoms with E-state index in [9.17, 15) is 14.4 Å². The fourth-order valence-corrected chi connectivity index (χ4v) is 2.59. The number of rotatable bonds is 6. The van der Waals surface area contributed by atoms with E-state index in [1.807, 2.05) is 5.32 Å². The van der Waals surface area contributed by atoms with Gasteiger partial charge in [0.05, 0.1) is 11.3 Å². The molecule has 0 fully saturated rings. The average molecular weight is 364 g/mol. The van der Waals surface area contributed by atoms with E-state index in [-0.39, 0.29) is 5.56 Å². The van der Waals surface area contributed by atoms with Crippen molar-refractivity contribution in [3.05, 3.63) is 41.4 Å². The summed E-state index contributed by atoms with van der Waals surface area (Å²) in [5, 5.41) is 8.53. The number of aryl methyl sites for hydroxylation is 1. The van der Waals surface area contributed by atoms with E-state index in [1.54, 1.807) is 31.3 Å². The van der Waals surface area contributed by atoms with E-state index in [0.717, 1.165) is 5.69 Å². The summed E-state index contributed by atoms with van der Waals surface area (Å²) >= 11 is 1.29. The van der Waals surface area contributed by atoms with Gasteiger partial charge in [-0.05, 0) is 19.1 Å². The quantitative estimate of drug-likeness (QED) is 0.580. The van der Waals surface area contributed by atoms with Gasteiger partial charge in [0.1, 0.15) is 10.8 Å². The summed E-state index contributed by atoms with van der Waals surface area (Å²) in [6.07, 6.45) is 1.55. The van der Waals surface area contributed by atoms with Crippen molar-refractivity contribution in [2.45, 2.75) is 17.7 Å². The predicted octanol–water partition coefficient (Wildman–Crippen LogP) is 1.28. The third-order valence-electron chi connectivity index (χ3n) is 2.84. The number of carbonyl (C=O) groups excluding carboxylic acids is 3. The Morgan fingerprint density at radius 2 is 2.16 bits per heavy atom. The lowest BCUT2D eigenvalue weighted by atomic mass is 10.3. The summed E-state index contributed by atoms with van der Waals surface area (Å²) in [6.45, 7) is 1.21. The minimum atomic E-state index is -0.733. The highest BCUT2D eigenvalue weighted by atomic mass is 32.2. The van der Waals surface area contributed by atoms with Crippen LogP contribution in [0.2, 0.25) is 0 Å². The van der Waals surface area contributed by atoms with Gasteiger partial charge in [0, 0.05) is 25.1 Å². The van der Waals surface area contributed by atoms with E-state index in [0.29, 0.717) is 16.5 Å². The summed E-state index contributed by atoms with van der Waals surface area (Å²) in [7, 11) is 1.37. The summed E-state index contributed by atoms with van der Waals surface area (Å²) in [4.78, 5) is 38.8. The predicted molar refractivity (Wildman–Crippen MR) is 87.9 cm³/mol. The zero-order valence-corrected chi connectivity index (χ0v) is 14.4. The summed E-state index contributed by atoms with van der Waals surface area (Å²) in [5.74, 6) is -0.285. The molecule has 2 aromatic heterocycles. The minimum absolute atomic E-state index is 0.223. The Balaban J connectivity index is 1.95. The number of imide groups is 1. The van der Waals surface area contributed by atoms with Crippen LogP contribution < -0.4 is 10.6 Å². The van der Waals surface area contributed by atoms with Gasteiger partial charge in [-0.25, -0.2) is 14.6 Å². The maximum Gasteiger partial charge on any atom is 0.341 e. The number of nitrogens with zero attached hydrogens (tertiary/aromatic N) is 2. The molecule has 9 nitrogen and oxygen atoms in total. The van der Waals surface area contributed by atoms with Crippen LogP contribution in [0.25, 0.3) is 0 Å². The number of esters is 1. The van der Waals surface area contributed by atoms with Crippen molar-refractivity contribution >= 4 is 29.7 Å². The largest absolute Gasteiger partial charge is 0.452 e. The Kier molecular flexibility index (Phi) is 6.52. The fourth-order valence-electron chi connectivity index (χ4n) is 1.72. The molecule has 0 radical (unpaired) electrons. The second kappa shape index (κ2) is 8.83. The smallest absolute Gasteiger partial charge is 0.341 e. The van der Waals surface area contributed by atoms with Crippen LogP contribution in [0.5, 0.6) is 0 Å². The Bertz CT molecular complexity index is 777. The highest BCUT2D eigenvalue weighted by molar-refractivity contribution is 7.98. The van der Waals surface area contributed by atoms with Crippen LogP contribution in [-0.4, -0.2) is 41.7 Å². The molecule has 10 heteroatoms. The maximum atomic E-state index is 12.2. The second-order valence-corrected chi connectivity index (χ2v) is 5.74. The molecule has 0 aromatic carbocycles. The molecule has 2 rings (SSSR count). The SMILES string of the molecule is CNC(=O)NC(=O)COC(=O)c1cccnc1SCc1cc(C)on1. The Labute approximate surface area is 147 Å². The first-order valence-electron chi connectivity index (χ1n) is 7.18. The lowest BCUT2D eigenvalue weighted by Gasteiger charge is -2.08. The third kappa shape index (κ3) is 5.60. The zero-order chi connectivity index (χ0) is 18.2. The van der Waals surface area contributed by atoms with Crippen molar-refractivity contribution in [1.82, 2.24) is 20.8 Å². The average Bonchev–Trinajstić information content (AvgIpc) is 3.03.